The van der Waals surface area contributed by atoms with Crippen LogP contribution in [0.3, 0.4) is 0 Å². The van der Waals surface area contributed by atoms with Crippen molar-refractivity contribution in [1.82, 2.24) is 9.62 Å². The topological polar surface area (TPSA) is 49.4 Å². The predicted molar refractivity (Wildman–Crippen MR) is 78.9 cm³/mol. The molecule has 1 fully saturated rings. The Balaban J connectivity index is 1.90. The molecule has 2 rings (SSSR count). The van der Waals surface area contributed by atoms with Gasteiger partial charge in [-0.05, 0) is 36.8 Å². The molecule has 0 aliphatic carbocycles. The lowest BCUT2D eigenvalue weighted by Gasteiger charge is -2.31. The minimum Gasteiger partial charge on any atom is -0.314 e. The summed E-state index contributed by atoms with van der Waals surface area (Å²) < 4.78 is 26.8. The second kappa shape index (κ2) is 6.35. The molecule has 0 aromatic carbocycles. The SMILES string of the molecule is CC(C)NCC1CCN(S(=O)(=O)c2cccs2)CC1. The monoisotopic (exact) mass is 302 g/mol. The maximum atomic E-state index is 12.3. The zero-order chi connectivity index (χ0) is 13.9. The van der Waals surface area contributed by atoms with Gasteiger partial charge in [0.1, 0.15) is 4.21 Å². The van der Waals surface area contributed by atoms with Gasteiger partial charge in [0.15, 0.2) is 0 Å². The first-order valence-corrected chi connectivity index (χ1v) is 9.09. The first-order chi connectivity index (χ1) is 9.00. The Hall–Kier alpha value is -0.430. The molecule has 1 N–H and O–H groups in total. The first-order valence-electron chi connectivity index (χ1n) is 6.77. The summed E-state index contributed by atoms with van der Waals surface area (Å²) in [5.41, 5.74) is 0. The van der Waals surface area contributed by atoms with Gasteiger partial charge in [0.2, 0.25) is 0 Å². The zero-order valence-corrected chi connectivity index (χ0v) is 13.1. The van der Waals surface area contributed by atoms with Crippen LogP contribution in [0.25, 0.3) is 0 Å². The third-order valence-corrected chi connectivity index (χ3v) is 6.75. The summed E-state index contributed by atoms with van der Waals surface area (Å²) in [4.78, 5) is 0. The second-order valence-electron chi connectivity index (χ2n) is 5.34. The molecular formula is C13H22N2O2S2. The molecule has 19 heavy (non-hydrogen) atoms. The third kappa shape index (κ3) is 3.78. The van der Waals surface area contributed by atoms with Crippen molar-refractivity contribution in [1.29, 1.82) is 0 Å². The molecular weight excluding hydrogens is 280 g/mol. The summed E-state index contributed by atoms with van der Waals surface area (Å²) in [6, 6.07) is 3.97. The molecule has 0 bridgehead atoms. The van der Waals surface area contributed by atoms with E-state index in [-0.39, 0.29) is 0 Å². The number of hydrogen-bond acceptors (Lipinski definition) is 4. The van der Waals surface area contributed by atoms with Gasteiger partial charge >= 0.3 is 0 Å². The molecule has 0 amide bonds. The minimum absolute atomic E-state index is 0.464. The van der Waals surface area contributed by atoms with E-state index in [4.69, 9.17) is 0 Å². The van der Waals surface area contributed by atoms with Gasteiger partial charge in [-0.2, -0.15) is 4.31 Å². The molecule has 0 spiro atoms. The van der Waals surface area contributed by atoms with Crippen LogP contribution in [-0.2, 0) is 10.0 Å². The van der Waals surface area contributed by atoms with Crippen molar-refractivity contribution in [3.8, 4) is 0 Å². The standard InChI is InChI=1S/C13H22N2O2S2/c1-11(2)14-10-12-5-7-15(8-6-12)19(16,17)13-4-3-9-18-13/h3-4,9,11-12,14H,5-8,10H2,1-2H3. The fourth-order valence-corrected chi connectivity index (χ4v) is 4.91. The van der Waals surface area contributed by atoms with Crippen LogP contribution in [-0.4, -0.2) is 38.4 Å². The summed E-state index contributed by atoms with van der Waals surface area (Å²) in [5.74, 6) is 0.595. The highest BCUT2D eigenvalue weighted by molar-refractivity contribution is 7.91. The Kier molecular flexibility index (Phi) is 5.00. The highest BCUT2D eigenvalue weighted by atomic mass is 32.2. The van der Waals surface area contributed by atoms with Gasteiger partial charge < -0.3 is 5.32 Å². The number of sulfonamides is 1. The smallest absolute Gasteiger partial charge is 0.252 e. The van der Waals surface area contributed by atoms with Crippen LogP contribution in [0.4, 0.5) is 0 Å². The number of thiophene rings is 1. The molecule has 108 valence electrons. The fourth-order valence-electron chi connectivity index (χ4n) is 2.29. The van der Waals surface area contributed by atoms with Gasteiger partial charge in [-0.15, -0.1) is 11.3 Å². The van der Waals surface area contributed by atoms with E-state index in [1.807, 2.05) is 5.38 Å². The number of hydrogen-bond donors (Lipinski definition) is 1. The zero-order valence-electron chi connectivity index (χ0n) is 11.5. The van der Waals surface area contributed by atoms with E-state index in [0.29, 0.717) is 29.3 Å². The van der Waals surface area contributed by atoms with Crippen molar-refractivity contribution in [2.75, 3.05) is 19.6 Å². The molecule has 1 aromatic heterocycles. The van der Waals surface area contributed by atoms with E-state index in [1.165, 1.54) is 11.3 Å². The first kappa shape index (κ1) is 15.0. The van der Waals surface area contributed by atoms with Crippen LogP contribution in [0.5, 0.6) is 0 Å². The molecule has 1 aliphatic rings. The lowest BCUT2D eigenvalue weighted by atomic mass is 9.98. The number of piperidine rings is 1. The molecule has 0 unspecified atom stereocenters. The Morgan fingerprint density at radius 3 is 2.63 bits per heavy atom. The number of nitrogens with zero attached hydrogens (tertiary/aromatic N) is 1. The summed E-state index contributed by atoms with van der Waals surface area (Å²) in [6.45, 7) is 6.55. The van der Waals surface area contributed by atoms with E-state index < -0.39 is 10.0 Å². The van der Waals surface area contributed by atoms with E-state index in [9.17, 15) is 8.42 Å². The van der Waals surface area contributed by atoms with Gasteiger partial charge in [-0.3, -0.25) is 0 Å². The summed E-state index contributed by atoms with van der Waals surface area (Å²) in [5, 5.41) is 5.24. The van der Waals surface area contributed by atoms with Crippen LogP contribution in [0.1, 0.15) is 26.7 Å². The maximum Gasteiger partial charge on any atom is 0.252 e. The Bertz CT molecular complexity index is 475. The highest BCUT2D eigenvalue weighted by Crippen LogP contribution is 2.25. The quantitative estimate of drug-likeness (QED) is 0.906. The molecule has 6 heteroatoms. The Labute approximate surface area is 119 Å². The fraction of sp³-hybridized carbons (Fsp3) is 0.692. The molecule has 0 saturated carbocycles. The van der Waals surface area contributed by atoms with E-state index >= 15 is 0 Å². The Morgan fingerprint density at radius 1 is 1.42 bits per heavy atom. The second-order valence-corrected chi connectivity index (χ2v) is 8.45. The van der Waals surface area contributed by atoms with E-state index in [0.717, 1.165) is 19.4 Å². The maximum absolute atomic E-state index is 12.3. The van der Waals surface area contributed by atoms with Gasteiger partial charge in [-0.25, -0.2) is 8.42 Å². The predicted octanol–water partition coefficient (Wildman–Crippen LogP) is 2.15. The minimum atomic E-state index is -3.24. The van der Waals surface area contributed by atoms with Crippen molar-refractivity contribution in [3.63, 3.8) is 0 Å². The van der Waals surface area contributed by atoms with Crippen LogP contribution in [0, 0.1) is 5.92 Å². The van der Waals surface area contributed by atoms with E-state index in [2.05, 4.69) is 19.2 Å². The summed E-state index contributed by atoms with van der Waals surface area (Å²) in [6.07, 6.45) is 1.90. The summed E-state index contributed by atoms with van der Waals surface area (Å²) in [7, 11) is -3.24. The molecule has 1 aromatic rings. The van der Waals surface area contributed by atoms with Crippen molar-refractivity contribution in [3.05, 3.63) is 17.5 Å². The Morgan fingerprint density at radius 2 is 2.11 bits per heavy atom. The van der Waals surface area contributed by atoms with Crippen LogP contribution >= 0.6 is 11.3 Å². The van der Waals surface area contributed by atoms with Crippen LogP contribution in [0.2, 0.25) is 0 Å². The summed E-state index contributed by atoms with van der Waals surface area (Å²) >= 11 is 1.30. The highest BCUT2D eigenvalue weighted by Gasteiger charge is 2.29. The third-order valence-electron chi connectivity index (χ3n) is 3.48. The van der Waals surface area contributed by atoms with E-state index in [1.54, 1.807) is 16.4 Å². The van der Waals surface area contributed by atoms with Gasteiger partial charge in [0.25, 0.3) is 10.0 Å². The van der Waals surface area contributed by atoms with Gasteiger partial charge in [0.05, 0.1) is 0 Å². The largest absolute Gasteiger partial charge is 0.314 e. The van der Waals surface area contributed by atoms with Crippen molar-refractivity contribution >= 4 is 21.4 Å². The average Bonchev–Trinajstić information content (AvgIpc) is 2.91. The molecule has 0 atom stereocenters. The van der Waals surface area contributed by atoms with Crippen LogP contribution < -0.4 is 5.32 Å². The van der Waals surface area contributed by atoms with Crippen molar-refractivity contribution in [2.24, 2.45) is 5.92 Å². The molecule has 4 nitrogen and oxygen atoms in total. The van der Waals surface area contributed by atoms with Crippen molar-refractivity contribution in [2.45, 2.75) is 36.9 Å². The van der Waals surface area contributed by atoms with Gasteiger partial charge in [0, 0.05) is 19.1 Å². The van der Waals surface area contributed by atoms with Crippen molar-refractivity contribution < 1.29 is 8.42 Å². The van der Waals surface area contributed by atoms with Gasteiger partial charge in [-0.1, -0.05) is 19.9 Å². The number of rotatable bonds is 5. The lowest BCUT2D eigenvalue weighted by Crippen LogP contribution is -2.41. The average molecular weight is 302 g/mol. The molecule has 2 heterocycles. The molecule has 1 aliphatic heterocycles. The normalized spacial score (nSPS) is 19.1. The molecule has 0 radical (unpaired) electrons. The van der Waals surface area contributed by atoms with Crippen LogP contribution in [0.15, 0.2) is 21.7 Å². The molecule has 1 saturated heterocycles. The lowest BCUT2D eigenvalue weighted by molar-refractivity contribution is 0.264. The number of nitrogens with one attached hydrogen (secondary N) is 1.